The Morgan fingerprint density at radius 3 is 2.55 bits per heavy atom. The van der Waals surface area contributed by atoms with Gasteiger partial charge in [-0.15, -0.1) is 0 Å². The normalized spacial score (nSPS) is 18.9. The van der Waals surface area contributed by atoms with E-state index in [0.717, 1.165) is 69.1 Å². The summed E-state index contributed by atoms with van der Waals surface area (Å²) in [5.41, 5.74) is 1.95. The number of hydrogen-bond donors (Lipinski definition) is 3. The van der Waals surface area contributed by atoms with Gasteiger partial charge in [0.05, 0.1) is 0 Å². The monoisotopic (exact) mass is 400 g/mol. The smallest absolute Gasteiger partial charge is 0.321 e. The molecule has 0 radical (unpaired) electrons. The molecule has 1 aromatic carbocycles. The largest absolute Gasteiger partial charge is 0.354 e. The molecule has 0 saturated carbocycles. The van der Waals surface area contributed by atoms with Crippen molar-refractivity contribution in [1.29, 1.82) is 0 Å². The van der Waals surface area contributed by atoms with E-state index < -0.39 is 0 Å². The van der Waals surface area contributed by atoms with Gasteiger partial charge in [0.1, 0.15) is 0 Å². The van der Waals surface area contributed by atoms with E-state index in [1.807, 2.05) is 30.1 Å². The van der Waals surface area contributed by atoms with Crippen molar-refractivity contribution in [3.05, 3.63) is 29.8 Å². The van der Waals surface area contributed by atoms with Crippen molar-refractivity contribution in [3.8, 4) is 0 Å². The molecule has 0 bridgehead atoms. The molecule has 0 aromatic heterocycles. The van der Waals surface area contributed by atoms with E-state index in [-0.39, 0.29) is 6.03 Å². The topological polar surface area (TPSA) is 72.0 Å². The second-order valence-electron chi connectivity index (χ2n) is 8.30. The standard InChI is InChI=1S/C22H36N6O/c1-17(2)27-13-9-19(10-14-27)25-21(23-3)24-16-18-7-6-8-20(15-18)26-22(29)28-11-4-5-12-28/h6-8,15,17,19H,4-5,9-14,16H2,1-3H3,(H,26,29)(H2,23,24,25). The van der Waals surface area contributed by atoms with Gasteiger partial charge < -0.3 is 25.8 Å². The first-order chi connectivity index (χ1) is 14.0. The number of nitrogens with one attached hydrogen (secondary N) is 3. The SMILES string of the molecule is CN=C(NCc1cccc(NC(=O)N2CCCC2)c1)NC1CCN(C(C)C)CC1. The Balaban J connectivity index is 1.46. The third-order valence-electron chi connectivity index (χ3n) is 5.86. The van der Waals surface area contributed by atoms with E-state index >= 15 is 0 Å². The van der Waals surface area contributed by atoms with Gasteiger partial charge in [0.25, 0.3) is 0 Å². The lowest BCUT2D eigenvalue weighted by Crippen LogP contribution is -2.49. The fourth-order valence-electron chi connectivity index (χ4n) is 4.02. The molecular weight excluding hydrogens is 364 g/mol. The van der Waals surface area contributed by atoms with Crippen LogP contribution in [0.1, 0.15) is 45.1 Å². The van der Waals surface area contributed by atoms with Crippen molar-refractivity contribution in [1.82, 2.24) is 20.4 Å². The second-order valence-corrected chi connectivity index (χ2v) is 8.30. The molecule has 7 heteroatoms. The van der Waals surface area contributed by atoms with E-state index in [1.54, 1.807) is 0 Å². The Kier molecular flexibility index (Phi) is 7.75. The Morgan fingerprint density at radius 1 is 1.17 bits per heavy atom. The Labute approximate surface area is 174 Å². The zero-order valence-corrected chi connectivity index (χ0v) is 18.1. The highest BCUT2D eigenvalue weighted by Gasteiger charge is 2.21. The summed E-state index contributed by atoms with van der Waals surface area (Å²) >= 11 is 0. The van der Waals surface area contributed by atoms with Crippen LogP contribution in [0.2, 0.25) is 0 Å². The van der Waals surface area contributed by atoms with Gasteiger partial charge in [-0.1, -0.05) is 12.1 Å². The Hall–Kier alpha value is -2.28. The maximum atomic E-state index is 12.3. The minimum Gasteiger partial charge on any atom is -0.354 e. The molecule has 2 heterocycles. The van der Waals surface area contributed by atoms with Gasteiger partial charge in [-0.2, -0.15) is 0 Å². The highest BCUT2D eigenvalue weighted by molar-refractivity contribution is 5.89. The van der Waals surface area contributed by atoms with Gasteiger partial charge in [-0.3, -0.25) is 4.99 Å². The quantitative estimate of drug-likeness (QED) is 0.525. The van der Waals surface area contributed by atoms with Gasteiger partial charge in [-0.05, 0) is 57.2 Å². The van der Waals surface area contributed by atoms with Crippen molar-refractivity contribution in [2.45, 2.75) is 58.2 Å². The summed E-state index contributed by atoms with van der Waals surface area (Å²) in [5, 5.41) is 9.97. The van der Waals surface area contributed by atoms with Gasteiger partial charge in [0.2, 0.25) is 0 Å². The lowest BCUT2D eigenvalue weighted by atomic mass is 10.0. The number of likely N-dealkylation sites (tertiary alicyclic amines) is 2. The first-order valence-electron chi connectivity index (χ1n) is 10.9. The molecule has 2 aliphatic heterocycles. The number of piperidine rings is 1. The summed E-state index contributed by atoms with van der Waals surface area (Å²) in [5.74, 6) is 0.833. The van der Waals surface area contributed by atoms with Crippen LogP contribution >= 0.6 is 0 Å². The van der Waals surface area contributed by atoms with E-state index in [9.17, 15) is 4.79 Å². The molecule has 0 spiro atoms. The summed E-state index contributed by atoms with van der Waals surface area (Å²) in [6.07, 6.45) is 4.47. The Bertz CT molecular complexity index is 690. The van der Waals surface area contributed by atoms with E-state index in [4.69, 9.17) is 0 Å². The molecule has 3 N–H and O–H groups in total. The maximum absolute atomic E-state index is 12.3. The number of carbonyl (C=O) groups is 1. The van der Waals surface area contributed by atoms with Crippen molar-refractivity contribution in [2.24, 2.45) is 4.99 Å². The predicted molar refractivity (Wildman–Crippen MR) is 119 cm³/mol. The first kappa shape index (κ1) is 21.4. The molecule has 3 rings (SSSR count). The highest BCUT2D eigenvalue weighted by atomic mass is 16.2. The summed E-state index contributed by atoms with van der Waals surface area (Å²) in [6.45, 7) is 9.15. The molecule has 160 valence electrons. The van der Waals surface area contributed by atoms with E-state index in [1.165, 1.54) is 0 Å². The average Bonchev–Trinajstić information content (AvgIpc) is 3.27. The lowest BCUT2D eigenvalue weighted by Gasteiger charge is -2.35. The fraction of sp³-hybridized carbons (Fsp3) is 0.636. The van der Waals surface area contributed by atoms with Gasteiger partial charge >= 0.3 is 6.03 Å². The highest BCUT2D eigenvalue weighted by Crippen LogP contribution is 2.15. The van der Waals surface area contributed by atoms with E-state index in [0.29, 0.717) is 18.6 Å². The van der Waals surface area contributed by atoms with Crippen LogP contribution in [0.25, 0.3) is 0 Å². The number of anilines is 1. The summed E-state index contributed by atoms with van der Waals surface area (Å²) < 4.78 is 0. The molecule has 2 fully saturated rings. The Morgan fingerprint density at radius 2 is 1.90 bits per heavy atom. The number of guanidine groups is 1. The molecule has 0 aliphatic carbocycles. The van der Waals surface area contributed by atoms with Crippen LogP contribution in [0.15, 0.2) is 29.3 Å². The van der Waals surface area contributed by atoms with Crippen LogP contribution in [0, 0.1) is 0 Å². The third-order valence-corrected chi connectivity index (χ3v) is 5.86. The zero-order valence-electron chi connectivity index (χ0n) is 18.1. The van der Waals surface area contributed by atoms with Crippen molar-refractivity contribution < 1.29 is 4.79 Å². The number of rotatable bonds is 5. The van der Waals surface area contributed by atoms with Crippen molar-refractivity contribution in [2.75, 3.05) is 38.5 Å². The molecule has 1 aromatic rings. The van der Waals surface area contributed by atoms with Crippen LogP contribution < -0.4 is 16.0 Å². The number of carbonyl (C=O) groups excluding carboxylic acids is 1. The van der Waals surface area contributed by atoms with Crippen LogP contribution in [0.5, 0.6) is 0 Å². The lowest BCUT2D eigenvalue weighted by molar-refractivity contribution is 0.167. The number of amides is 2. The minimum absolute atomic E-state index is 0.00201. The molecule has 2 saturated heterocycles. The number of hydrogen-bond acceptors (Lipinski definition) is 3. The molecule has 7 nitrogen and oxygen atoms in total. The molecular formula is C22H36N6O. The number of urea groups is 1. The van der Waals surface area contributed by atoms with Crippen LogP contribution in [0.3, 0.4) is 0 Å². The molecule has 2 aliphatic rings. The van der Waals surface area contributed by atoms with Crippen molar-refractivity contribution >= 4 is 17.7 Å². The third kappa shape index (κ3) is 6.35. The van der Waals surface area contributed by atoms with Gasteiger partial charge in [0.15, 0.2) is 5.96 Å². The fourth-order valence-corrected chi connectivity index (χ4v) is 4.02. The molecule has 2 amide bonds. The summed E-state index contributed by atoms with van der Waals surface area (Å²) in [4.78, 5) is 21.1. The molecule has 29 heavy (non-hydrogen) atoms. The summed E-state index contributed by atoms with van der Waals surface area (Å²) in [6, 6.07) is 9.08. The van der Waals surface area contributed by atoms with Gasteiger partial charge in [-0.25, -0.2) is 4.79 Å². The minimum atomic E-state index is -0.00201. The van der Waals surface area contributed by atoms with E-state index in [2.05, 4.69) is 45.8 Å². The number of benzene rings is 1. The second kappa shape index (κ2) is 10.5. The maximum Gasteiger partial charge on any atom is 0.321 e. The van der Waals surface area contributed by atoms with Crippen molar-refractivity contribution in [3.63, 3.8) is 0 Å². The van der Waals surface area contributed by atoms with Crippen LogP contribution in [-0.2, 0) is 6.54 Å². The van der Waals surface area contributed by atoms with Gasteiger partial charge in [0, 0.05) is 57.5 Å². The average molecular weight is 401 g/mol. The number of aliphatic imine (C=N–C) groups is 1. The van der Waals surface area contributed by atoms with Crippen LogP contribution in [0.4, 0.5) is 10.5 Å². The summed E-state index contributed by atoms with van der Waals surface area (Å²) in [7, 11) is 1.81. The van der Waals surface area contributed by atoms with Crippen LogP contribution in [-0.4, -0.2) is 67.1 Å². The zero-order chi connectivity index (χ0) is 20.6. The predicted octanol–water partition coefficient (Wildman–Crippen LogP) is 2.85. The molecule has 0 unspecified atom stereocenters. The molecule has 0 atom stereocenters. The first-order valence-corrected chi connectivity index (χ1v) is 10.9. The number of nitrogens with zero attached hydrogens (tertiary/aromatic N) is 3.